The van der Waals surface area contributed by atoms with E-state index in [2.05, 4.69) is 40.4 Å². The van der Waals surface area contributed by atoms with E-state index in [0.29, 0.717) is 5.15 Å². The van der Waals surface area contributed by atoms with Crippen molar-refractivity contribution in [3.8, 4) is 0 Å². The Kier molecular flexibility index (Phi) is 4.39. The molecule has 0 radical (unpaired) electrons. The van der Waals surface area contributed by atoms with Crippen LogP contribution in [-0.4, -0.2) is 9.97 Å². The van der Waals surface area contributed by atoms with Gasteiger partial charge in [-0.05, 0) is 49.3 Å². The highest BCUT2D eigenvalue weighted by molar-refractivity contribution is 6.29. The molecule has 3 nitrogen and oxygen atoms in total. The lowest BCUT2D eigenvalue weighted by atomic mass is 9.90. The van der Waals surface area contributed by atoms with Gasteiger partial charge >= 0.3 is 0 Å². The molecule has 0 fully saturated rings. The molecule has 3 rings (SSSR count). The molecule has 2 aromatic rings. The topological polar surface area (TPSA) is 37.8 Å². The monoisotopic (exact) mass is 301 g/mol. The predicted molar refractivity (Wildman–Crippen MR) is 87.4 cm³/mol. The highest BCUT2D eigenvalue weighted by Crippen LogP contribution is 2.29. The van der Waals surface area contributed by atoms with Gasteiger partial charge in [0.05, 0.1) is 0 Å². The van der Waals surface area contributed by atoms with Gasteiger partial charge in [-0.25, -0.2) is 9.97 Å². The van der Waals surface area contributed by atoms with Gasteiger partial charge in [0.25, 0.3) is 0 Å². The van der Waals surface area contributed by atoms with Gasteiger partial charge in [0.2, 0.25) is 0 Å². The van der Waals surface area contributed by atoms with Crippen molar-refractivity contribution >= 4 is 23.1 Å². The van der Waals surface area contributed by atoms with Crippen molar-refractivity contribution in [1.82, 2.24) is 9.97 Å². The summed E-state index contributed by atoms with van der Waals surface area (Å²) in [4.78, 5) is 8.83. The molecule has 0 atom stereocenters. The van der Waals surface area contributed by atoms with E-state index in [1.807, 2.05) is 0 Å². The Balaban J connectivity index is 1.90. The molecule has 0 unspecified atom stereocenters. The first-order valence-electron chi connectivity index (χ1n) is 7.67. The minimum absolute atomic E-state index is 0.501. The first-order chi connectivity index (χ1) is 10.3. The van der Waals surface area contributed by atoms with Crippen molar-refractivity contribution in [3.05, 3.63) is 46.4 Å². The van der Waals surface area contributed by atoms with Crippen molar-refractivity contribution in [2.75, 3.05) is 5.32 Å². The zero-order valence-electron chi connectivity index (χ0n) is 12.3. The molecule has 110 valence electrons. The molecule has 0 saturated heterocycles. The lowest BCUT2D eigenvalue weighted by Crippen LogP contribution is -2.07. The number of benzene rings is 1. The first-order valence-corrected chi connectivity index (χ1v) is 8.05. The fraction of sp³-hybridized carbons (Fsp3) is 0.412. The number of nitrogens with zero attached hydrogens (tertiary/aromatic N) is 2. The van der Waals surface area contributed by atoms with Crippen LogP contribution >= 0.6 is 11.6 Å². The molecular formula is C17H20ClN3. The molecule has 0 bridgehead atoms. The fourth-order valence-electron chi connectivity index (χ4n) is 2.90. The molecule has 1 heterocycles. The molecule has 0 spiro atoms. The highest BCUT2D eigenvalue weighted by Gasteiger charge is 2.13. The number of nitrogens with one attached hydrogen (secondary N) is 1. The van der Waals surface area contributed by atoms with E-state index in [-0.39, 0.29) is 0 Å². The van der Waals surface area contributed by atoms with Gasteiger partial charge in [0, 0.05) is 18.2 Å². The number of anilines is 2. The first kappa shape index (κ1) is 14.3. The molecule has 4 heteroatoms. The summed E-state index contributed by atoms with van der Waals surface area (Å²) < 4.78 is 0. The number of fused-ring (bicyclic) bond motifs is 1. The smallest absolute Gasteiger partial charge is 0.135 e. The minimum Gasteiger partial charge on any atom is -0.340 e. The zero-order valence-corrected chi connectivity index (χ0v) is 13.1. The quantitative estimate of drug-likeness (QED) is 0.831. The van der Waals surface area contributed by atoms with E-state index < -0.39 is 0 Å². The molecule has 21 heavy (non-hydrogen) atoms. The Morgan fingerprint density at radius 3 is 2.90 bits per heavy atom. The van der Waals surface area contributed by atoms with E-state index in [0.717, 1.165) is 36.6 Å². The molecule has 0 saturated carbocycles. The normalized spacial score (nSPS) is 13.8. The summed E-state index contributed by atoms with van der Waals surface area (Å²) in [7, 11) is 0. The van der Waals surface area contributed by atoms with Crippen LogP contribution in [-0.2, 0) is 19.3 Å². The van der Waals surface area contributed by atoms with E-state index >= 15 is 0 Å². The van der Waals surface area contributed by atoms with Crippen LogP contribution < -0.4 is 5.32 Å². The maximum Gasteiger partial charge on any atom is 0.135 e. The third-order valence-electron chi connectivity index (χ3n) is 3.87. The standard InChI is InChI=1S/C17H20ClN3/c1-2-6-16-20-15(18)11-17(21-16)19-14-10-5-8-12-7-3-4-9-13(12)14/h5,8,10-11H,2-4,6-7,9H2,1H3,(H,19,20,21). The van der Waals surface area contributed by atoms with Crippen molar-refractivity contribution in [2.45, 2.75) is 45.4 Å². The molecule has 1 aliphatic rings. The van der Waals surface area contributed by atoms with Crippen LogP contribution in [0.25, 0.3) is 0 Å². The molecule has 1 aromatic carbocycles. The van der Waals surface area contributed by atoms with Crippen LogP contribution in [0.15, 0.2) is 24.3 Å². The minimum atomic E-state index is 0.501. The van der Waals surface area contributed by atoms with Crippen molar-refractivity contribution in [2.24, 2.45) is 0 Å². The summed E-state index contributed by atoms with van der Waals surface area (Å²) in [5.74, 6) is 1.59. The predicted octanol–water partition coefficient (Wildman–Crippen LogP) is 4.70. The summed E-state index contributed by atoms with van der Waals surface area (Å²) in [5, 5.41) is 3.94. The lowest BCUT2D eigenvalue weighted by Gasteiger charge is -2.20. The van der Waals surface area contributed by atoms with E-state index in [9.17, 15) is 0 Å². The maximum atomic E-state index is 6.10. The van der Waals surface area contributed by atoms with Gasteiger partial charge in [-0.2, -0.15) is 0 Å². The summed E-state index contributed by atoms with van der Waals surface area (Å²) in [5.41, 5.74) is 4.04. The third-order valence-corrected chi connectivity index (χ3v) is 4.07. The molecule has 0 aliphatic heterocycles. The number of hydrogen-bond donors (Lipinski definition) is 1. The summed E-state index contributed by atoms with van der Waals surface area (Å²) in [6.45, 7) is 2.12. The number of rotatable bonds is 4. The molecule has 1 aliphatic carbocycles. The fourth-order valence-corrected chi connectivity index (χ4v) is 3.10. The van der Waals surface area contributed by atoms with Crippen molar-refractivity contribution in [1.29, 1.82) is 0 Å². The molecular weight excluding hydrogens is 282 g/mol. The number of aromatic nitrogens is 2. The average molecular weight is 302 g/mol. The average Bonchev–Trinajstić information content (AvgIpc) is 2.47. The van der Waals surface area contributed by atoms with Crippen molar-refractivity contribution in [3.63, 3.8) is 0 Å². The number of hydrogen-bond acceptors (Lipinski definition) is 3. The Hall–Kier alpha value is -1.61. The number of aryl methyl sites for hydroxylation is 2. The van der Waals surface area contributed by atoms with Gasteiger partial charge in [0.15, 0.2) is 0 Å². The second-order valence-corrected chi connectivity index (χ2v) is 5.90. The van der Waals surface area contributed by atoms with Crippen LogP contribution in [0.5, 0.6) is 0 Å². The SMILES string of the molecule is CCCc1nc(Cl)cc(Nc2cccc3c2CCCC3)n1. The summed E-state index contributed by atoms with van der Waals surface area (Å²) in [6.07, 6.45) is 6.73. The van der Waals surface area contributed by atoms with Crippen LogP contribution in [0.1, 0.15) is 43.1 Å². The van der Waals surface area contributed by atoms with Crippen molar-refractivity contribution < 1.29 is 0 Å². The van der Waals surface area contributed by atoms with Crippen LogP contribution in [0, 0.1) is 0 Å². The van der Waals surface area contributed by atoms with Gasteiger partial charge in [-0.1, -0.05) is 30.7 Å². The molecule has 1 aromatic heterocycles. The Labute approximate surface area is 130 Å². The number of halogens is 1. The van der Waals surface area contributed by atoms with Gasteiger partial charge in [-0.15, -0.1) is 0 Å². The summed E-state index contributed by atoms with van der Waals surface area (Å²) in [6, 6.07) is 8.26. The Morgan fingerprint density at radius 2 is 2.05 bits per heavy atom. The largest absolute Gasteiger partial charge is 0.340 e. The molecule has 1 N–H and O–H groups in total. The second-order valence-electron chi connectivity index (χ2n) is 5.52. The van der Waals surface area contributed by atoms with E-state index in [1.54, 1.807) is 6.07 Å². The molecule has 0 amide bonds. The van der Waals surface area contributed by atoms with Crippen LogP contribution in [0.4, 0.5) is 11.5 Å². The van der Waals surface area contributed by atoms with Gasteiger partial charge in [-0.3, -0.25) is 0 Å². The highest BCUT2D eigenvalue weighted by atomic mass is 35.5. The van der Waals surface area contributed by atoms with Crippen LogP contribution in [0.2, 0.25) is 5.15 Å². The lowest BCUT2D eigenvalue weighted by molar-refractivity contribution is 0.687. The zero-order chi connectivity index (χ0) is 14.7. The maximum absolute atomic E-state index is 6.10. The second kappa shape index (κ2) is 6.44. The summed E-state index contributed by atoms with van der Waals surface area (Å²) >= 11 is 6.10. The van der Waals surface area contributed by atoms with E-state index in [1.165, 1.54) is 30.4 Å². The Morgan fingerprint density at radius 1 is 1.19 bits per heavy atom. The van der Waals surface area contributed by atoms with Crippen LogP contribution in [0.3, 0.4) is 0 Å². The van der Waals surface area contributed by atoms with Gasteiger partial charge in [0.1, 0.15) is 16.8 Å². The van der Waals surface area contributed by atoms with E-state index in [4.69, 9.17) is 11.6 Å². The Bertz CT molecular complexity index is 640. The van der Waals surface area contributed by atoms with Gasteiger partial charge < -0.3 is 5.32 Å². The third kappa shape index (κ3) is 3.35.